The van der Waals surface area contributed by atoms with Crippen molar-refractivity contribution >= 4 is 50.8 Å². The maximum Gasteiger partial charge on any atom is 0.263 e. The van der Waals surface area contributed by atoms with Crippen molar-refractivity contribution in [1.29, 1.82) is 0 Å². The molecule has 0 unspecified atom stereocenters. The number of nitrogens with zero attached hydrogens (tertiary/aromatic N) is 4. The molecule has 3 rings (SSSR count). The first-order valence-electron chi connectivity index (χ1n) is 8.51. The normalized spacial score (nSPS) is 15.7. The molecule has 0 aromatic carbocycles. The highest BCUT2D eigenvalue weighted by molar-refractivity contribution is 7.99. The summed E-state index contributed by atoms with van der Waals surface area (Å²) in [5.74, 6) is 0.936. The number of aromatic nitrogens is 2. The Morgan fingerprint density at radius 1 is 1.28 bits per heavy atom. The molecule has 1 aliphatic heterocycles. The van der Waals surface area contributed by atoms with E-state index < -0.39 is 0 Å². The summed E-state index contributed by atoms with van der Waals surface area (Å²) >= 11 is 9.44. The van der Waals surface area contributed by atoms with Gasteiger partial charge in [0.25, 0.3) is 5.91 Å². The van der Waals surface area contributed by atoms with Crippen LogP contribution >= 0.6 is 34.7 Å². The Hall–Kier alpha value is -0.890. The predicted octanol–water partition coefficient (Wildman–Crippen LogP) is 3.93. The van der Waals surface area contributed by atoms with E-state index in [1.165, 1.54) is 43.7 Å². The van der Waals surface area contributed by atoms with Gasteiger partial charge in [-0.1, -0.05) is 29.8 Å². The summed E-state index contributed by atoms with van der Waals surface area (Å²) in [6.07, 6.45) is 3.96. The van der Waals surface area contributed by atoms with Gasteiger partial charge in [0.05, 0.1) is 10.3 Å². The molecule has 0 saturated carbocycles. The Kier molecular flexibility index (Phi) is 6.20. The second kappa shape index (κ2) is 8.20. The van der Waals surface area contributed by atoms with Gasteiger partial charge in [0, 0.05) is 26.4 Å². The van der Waals surface area contributed by atoms with Crippen LogP contribution in [0, 0.1) is 6.92 Å². The Labute approximate surface area is 161 Å². The molecular formula is C17H23ClN4OS2. The van der Waals surface area contributed by atoms with Crippen LogP contribution in [0.1, 0.15) is 34.5 Å². The van der Waals surface area contributed by atoms with E-state index in [0.29, 0.717) is 15.2 Å². The molecule has 0 bridgehead atoms. The number of halogens is 1. The van der Waals surface area contributed by atoms with E-state index in [0.717, 1.165) is 28.1 Å². The van der Waals surface area contributed by atoms with Gasteiger partial charge in [-0.05, 0) is 38.4 Å². The highest BCUT2D eigenvalue weighted by atomic mass is 35.5. The minimum atomic E-state index is -0.0177. The number of fused-ring (bicyclic) bond motifs is 1. The van der Waals surface area contributed by atoms with Crippen molar-refractivity contribution in [3.63, 3.8) is 0 Å². The molecule has 0 radical (unpaired) electrons. The lowest BCUT2D eigenvalue weighted by atomic mass is 10.1. The van der Waals surface area contributed by atoms with Crippen molar-refractivity contribution < 1.29 is 4.79 Å². The van der Waals surface area contributed by atoms with Crippen molar-refractivity contribution in [3.8, 4) is 0 Å². The number of thiophene rings is 1. The summed E-state index contributed by atoms with van der Waals surface area (Å²) in [6, 6.07) is 0. The van der Waals surface area contributed by atoms with Crippen molar-refractivity contribution in [1.82, 2.24) is 19.8 Å². The van der Waals surface area contributed by atoms with Crippen LogP contribution in [-0.4, -0.2) is 65.2 Å². The predicted molar refractivity (Wildman–Crippen MR) is 106 cm³/mol. The lowest BCUT2D eigenvalue weighted by Crippen LogP contribution is -2.31. The fourth-order valence-corrected chi connectivity index (χ4v) is 5.51. The fraction of sp³-hybridized carbons (Fsp3) is 0.588. The lowest BCUT2D eigenvalue weighted by Gasteiger charge is -2.25. The minimum absolute atomic E-state index is 0.0177. The molecule has 0 N–H and O–H groups in total. The maximum atomic E-state index is 12.3. The summed E-state index contributed by atoms with van der Waals surface area (Å²) < 4.78 is 0. The van der Waals surface area contributed by atoms with Crippen LogP contribution in [0.2, 0.25) is 5.15 Å². The standard InChI is InChI=1S/C17H23ClN4OS2/c1-11-12-14(18)19-17(24-10-9-22-7-5-4-6-8-22)20-15(12)25-13(11)16(23)21(2)3/h4-10H2,1-3H3. The molecule has 2 aromatic rings. The summed E-state index contributed by atoms with van der Waals surface area (Å²) in [5.41, 5.74) is 0.869. The smallest absolute Gasteiger partial charge is 0.263 e. The molecule has 0 spiro atoms. The van der Waals surface area contributed by atoms with E-state index in [-0.39, 0.29) is 5.91 Å². The maximum absolute atomic E-state index is 12.3. The molecule has 5 nitrogen and oxygen atoms in total. The molecule has 1 aliphatic rings. The first-order valence-corrected chi connectivity index (χ1v) is 10.7. The minimum Gasteiger partial charge on any atom is -0.344 e. The second-order valence-electron chi connectivity index (χ2n) is 6.48. The average molecular weight is 399 g/mol. The van der Waals surface area contributed by atoms with Gasteiger partial charge in [0.1, 0.15) is 9.98 Å². The number of piperidine rings is 1. The third kappa shape index (κ3) is 4.27. The number of carbonyl (C=O) groups is 1. The van der Waals surface area contributed by atoms with Crippen LogP contribution in [0.15, 0.2) is 5.16 Å². The topological polar surface area (TPSA) is 49.3 Å². The molecule has 1 amide bonds. The monoisotopic (exact) mass is 398 g/mol. The number of likely N-dealkylation sites (tertiary alicyclic amines) is 1. The summed E-state index contributed by atoms with van der Waals surface area (Å²) in [4.78, 5) is 27.0. The third-order valence-electron chi connectivity index (χ3n) is 4.41. The molecule has 136 valence electrons. The Balaban J connectivity index is 1.75. The number of carbonyl (C=O) groups excluding carboxylic acids is 1. The number of rotatable bonds is 5. The highest BCUT2D eigenvalue weighted by Crippen LogP contribution is 2.35. The highest BCUT2D eigenvalue weighted by Gasteiger charge is 2.21. The molecule has 1 saturated heterocycles. The van der Waals surface area contributed by atoms with Gasteiger partial charge < -0.3 is 9.80 Å². The Bertz CT molecular complexity index is 772. The molecule has 3 heterocycles. The van der Waals surface area contributed by atoms with Gasteiger partial charge in [-0.3, -0.25) is 4.79 Å². The van der Waals surface area contributed by atoms with Crippen LogP contribution < -0.4 is 0 Å². The molecule has 0 aliphatic carbocycles. The van der Waals surface area contributed by atoms with Gasteiger partial charge in [0.15, 0.2) is 5.16 Å². The summed E-state index contributed by atoms with van der Waals surface area (Å²) in [6.45, 7) is 5.36. The van der Waals surface area contributed by atoms with Gasteiger partial charge in [-0.2, -0.15) is 0 Å². The van der Waals surface area contributed by atoms with Crippen LogP contribution in [0.25, 0.3) is 10.2 Å². The first kappa shape index (κ1) is 18.9. The van der Waals surface area contributed by atoms with Crippen LogP contribution in [0.4, 0.5) is 0 Å². The van der Waals surface area contributed by atoms with Gasteiger partial charge in [-0.25, -0.2) is 9.97 Å². The largest absolute Gasteiger partial charge is 0.344 e. The van der Waals surface area contributed by atoms with Crippen LogP contribution in [-0.2, 0) is 0 Å². The summed E-state index contributed by atoms with van der Waals surface area (Å²) in [5, 5.41) is 1.94. The van der Waals surface area contributed by atoms with Crippen molar-refractivity contribution in [2.24, 2.45) is 0 Å². The van der Waals surface area contributed by atoms with E-state index in [1.807, 2.05) is 6.92 Å². The summed E-state index contributed by atoms with van der Waals surface area (Å²) in [7, 11) is 3.50. The Morgan fingerprint density at radius 3 is 2.68 bits per heavy atom. The molecular weight excluding hydrogens is 376 g/mol. The van der Waals surface area contributed by atoms with E-state index in [1.54, 1.807) is 30.8 Å². The van der Waals surface area contributed by atoms with E-state index in [4.69, 9.17) is 11.6 Å². The zero-order chi connectivity index (χ0) is 18.0. The van der Waals surface area contributed by atoms with Crippen molar-refractivity contribution in [3.05, 3.63) is 15.6 Å². The fourth-order valence-electron chi connectivity index (χ4n) is 2.99. The van der Waals surface area contributed by atoms with E-state index in [2.05, 4.69) is 14.9 Å². The van der Waals surface area contributed by atoms with E-state index in [9.17, 15) is 4.79 Å². The SMILES string of the molecule is Cc1c(C(=O)N(C)C)sc2nc(SCCN3CCCCC3)nc(Cl)c12. The first-order chi connectivity index (χ1) is 12.0. The average Bonchev–Trinajstić information content (AvgIpc) is 2.92. The van der Waals surface area contributed by atoms with E-state index >= 15 is 0 Å². The third-order valence-corrected chi connectivity index (χ3v) is 6.69. The molecule has 0 atom stereocenters. The molecule has 25 heavy (non-hydrogen) atoms. The zero-order valence-electron chi connectivity index (χ0n) is 14.8. The number of hydrogen-bond donors (Lipinski definition) is 0. The molecule has 1 fully saturated rings. The second-order valence-corrected chi connectivity index (χ2v) is 8.90. The zero-order valence-corrected chi connectivity index (χ0v) is 17.2. The van der Waals surface area contributed by atoms with Crippen LogP contribution in [0.3, 0.4) is 0 Å². The quantitative estimate of drug-likeness (QED) is 0.434. The van der Waals surface area contributed by atoms with Crippen molar-refractivity contribution in [2.75, 3.05) is 39.5 Å². The number of hydrogen-bond acceptors (Lipinski definition) is 6. The van der Waals surface area contributed by atoms with Crippen LogP contribution in [0.5, 0.6) is 0 Å². The Morgan fingerprint density at radius 2 is 2.00 bits per heavy atom. The van der Waals surface area contributed by atoms with Gasteiger partial charge in [-0.15, -0.1) is 11.3 Å². The number of aryl methyl sites for hydroxylation is 1. The van der Waals surface area contributed by atoms with Gasteiger partial charge in [0.2, 0.25) is 0 Å². The van der Waals surface area contributed by atoms with Crippen molar-refractivity contribution in [2.45, 2.75) is 31.3 Å². The molecule has 8 heteroatoms. The molecule has 2 aromatic heterocycles. The number of amides is 1. The number of thioether (sulfide) groups is 1. The van der Waals surface area contributed by atoms with Gasteiger partial charge >= 0.3 is 0 Å². The lowest BCUT2D eigenvalue weighted by molar-refractivity contribution is 0.0831.